The summed E-state index contributed by atoms with van der Waals surface area (Å²) in [5.41, 5.74) is 2.53. The molecule has 3 rings (SSSR count). The van der Waals surface area contributed by atoms with Crippen LogP contribution in [0.5, 0.6) is 11.6 Å². The molecular formula is C19H18N6O2. The fraction of sp³-hybridized carbons (Fsp3) is 0.158. The van der Waals surface area contributed by atoms with Crippen molar-refractivity contribution >= 4 is 11.7 Å². The number of carbonyl (C=O) groups excluding carboxylic acids is 1. The van der Waals surface area contributed by atoms with E-state index < -0.39 is 0 Å². The molecule has 27 heavy (non-hydrogen) atoms. The normalized spacial score (nSPS) is 10.1. The number of ether oxygens (including phenoxy) is 1. The predicted molar refractivity (Wildman–Crippen MR) is 99.3 cm³/mol. The van der Waals surface area contributed by atoms with Gasteiger partial charge in [-0.2, -0.15) is 5.26 Å². The Morgan fingerprint density at radius 2 is 2.15 bits per heavy atom. The van der Waals surface area contributed by atoms with Crippen molar-refractivity contribution in [2.75, 3.05) is 5.32 Å². The molecule has 0 fully saturated rings. The van der Waals surface area contributed by atoms with E-state index in [4.69, 9.17) is 10.00 Å². The number of hydrogen-bond donors (Lipinski definition) is 2. The number of nitrogens with one attached hydrogen (secondary N) is 2. The van der Waals surface area contributed by atoms with Crippen LogP contribution in [0.2, 0.25) is 0 Å². The van der Waals surface area contributed by atoms with Gasteiger partial charge in [0, 0.05) is 19.3 Å². The van der Waals surface area contributed by atoms with Crippen molar-refractivity contribution in [3.8, 4) is 17.7 Å². The van der Waals surface area contributed by atoms with Crippen LogP contribution in [0, 0.1) is 18.3 Å². The number of para-hydroxylation sites is 1. The molecule has 0 bridgehead atoms. The Hall–Kier alpha value is -3.86. The molecule has 0 aliphatic carbocycles. The SMILES string of the molecule is Cc1cc(Oc2ccccc2C#N)ncc1NC(=O)NCc1cn(C)cn1. The van der Waals surface area contributed by atoms with Crippen LogP contribution >= 0.6 is 0 Å². The van der Waals surface area contributed by atoms with E-state index in [0.29, 0.717) is 29.4 Å². The first-order valence-electron chi connectivity index (χ1n) is 8.20. The van der Waals surface area contributed by atoms with Crippen molar-refractivity contribution in [3.63, 3.8) is 0 Å². The number of carbonyl (C=O) groups is 1. The Balaban J connectivity index is 1.62. The minimum Gasteiger partial charge on any atom is -0.438 e. The van der Waals surface area contributed by atoms with E-state index in [9.17, 15) is 4.79 Å². The third-order valence-corrected chi connectivity index (χ3v) is 3.74. The lowest BCUT2D eigenvalue weighted by atomic mass is 10.2. The van der Waals surface area contributed by atoms with Crippen LogP contribution in [0.1, 0.15) is 16.8 Å². The van der Waals surface area contributed by atoms with Gasteiger partial charge in [0.05, 0.1) is 36.0 Å². The first kappa shape index (κ1) is 17.9. The molecule has 2 aromatic heterocycles. The number of anilines is 1. The van der Waals surface area contributed by atoms with Gasteiger partial charge in [-0.05, 0) is 24.6 Å². The standard InChI is InChI=1S/C19H18N6O2/c1-13-7-18(27-17-6-4-3-5-14(17)8-20)21-10-16(13)24-19(26)22-9-15-11-25(2)12-23-15/h3-7,10-12H,9H2,1-2H3,(H2,22,24,26). The number of imidazole rings is 1. The molecule has 136 valence electrons. The Morgan fingerprint density at radius 1 is 1.33 bits per heavy atom. The summed E-state index contributed by atoms with van der Waals surface area (Å²) in [6.07, 6.45) is 5.02. The monoisotopic (exact) mass is 362 g/mol. The highest BCUT2D eigenvalue weighted by Gasteiger charge is 2.09. The molecule has 8 heteroatoms. The van der Waals surface area contributed by atoms with Gasteiger partial charge < -0.3 is 19.9 Å². The largest absolute Gasteiger partial charge is 0.438 e. The highest BCUT2D eigenvalue weighted by Crippen LogP contribution is 2.25. The van der Waals surface area contributed by atoms with E-state index >= 15 is 0 Å². The Morgan fingerprint density at radius 3 is 2.85 bits per heavy atom. The van der Waals surface area contributed by atoms with Crippen LogP contribution < -0.4 is 15.4 Å². The lowest BCUT2D eigenvalue weighted by molar-refractivity contribution is 0.251. The van der Waals surface area contributed by atoms with Gasteiger partial charge in [-0.15, -0.1) is 0 Å². The van der Waals surface area contributed by atoms with Crippen LogP contribution in [0.15, 0.2) is 49.1 Å². The molecule has 0 spiro atoms. The average molecular weight is 362 g/mol. The summed E-state index contributed by atoms with van der Waals surface area (Å²) in [5.74, 6) is 0.773. The first-order chi connectivity index (χ1) is 13.0. The summed E-state index contributed by atoms with van der Waals surface area (Å²) in [4.78, 5) is 20.4. The maximum absolute atomic E-state index is 12.1. The topological polar surface area (TPSA) is 105 Å². The van der Waals surface area contributed by atoms with Gasteiger partial charge in [-0.3, -0.25) is 0 Å². The highest BCUT2D eigenvalue weighted by atomic mass is 16.5. The second-order valence-electron chi connectivity index (χ2n) is 5.89. The molecule has 8 nitrogen and oxygen atoms in total. The number of nitrogens with zero attached hydrogens (tertiary/aromatic N) is 4. The minimum absolute atomic E-state index is 0.325. The Bertz CT molecular complexity index is 1010. The number of nitriles is 1. The van der Waals surface area contributed by atoms with E-state index in [2.05, 4.69) is 26.7 Å². The molecule has 3 aromatic rings. The van der Waals surface area contributed by atoms with E-state index in [1.165, 1.54) is 6.20 Å². The van der Waals surface area contributed by atoms with Crippen LogP contribution in [0.25, 0.3) is 0 Å². The number of hydrogen-bond acceptors (Lipinski definition) is 5. The Labute approximate surface area is 156 Å². The van der Waals surface area contributed by atoms with E-state index in [-0.39, 0.29) is 6.03 Å². The van der Waals surface area contributed by atoms with Crippen molar-refractivity contribution in [1.29, 1.82) is 5.26 Å². The van der Waals surface area contributed by atoms with Crippen molar-refractivity contribution in [3.05, 3.63) is 65.9 Å². The maximum atomic E-state index is 12.1. The fourth-order valence-electron chi connectivity index (χ4n) is 2.37. The van der Waals surface area contributed by atoms with Gasteiger partial charge >= 0.3 is 6.03 Å². The van der Waals surface area contributed by atoms with Crippen molar-refractivity contribution in [2.45, 2.75) is 13.5 Å². The zero-order chi connectivity index (χ0) is 19.2. The van der Waals surface area contributed by atoms with Gasteiger partial charge in [0.15, 0.2) is 0 Å². The molecule has 2 N–H and O–H groups in total. The molecule has 0 unspecified atom stereocenters. The number of aryl methyl sites for hydroxylation is 2. The molecule has 0 saturated heterocycles. The van der Waals surface area contributed by atoms with E-state index in [1.807, 2.05) is 24.7 Å². The minimum atomic E-state index is -0.353. The van der Waals surface area contributed by atoms with Gasteiger partial charge in [0.25, 0.3) is 0 Å². The molecule has 0 aliphatic rings. The van der Waals surface area contributed by atoms with Gasteiger partial charge in [0.1, 0.15) is 11.8 Å². The average Bonchev–Trinajstić information content (AvgIpc) is 3.08. The number of aromatic nitrogens is 3. The smallest absolute Gasteiger partial charge is 0.319 e. The molecule has 0 aliphatic heterocycles. The zero-order valence-corrected chi connectivity index (χ0v) is 14.9. The van der Waals surface area contributed by atoms with Gasteiger partial charge in [-0.25, -0.2) is 14.8 Å². The number of urea groups is 1. The highest BCUT2D eigenvalue weighted by molar-refractivity contribution is 5.89. The van der Waals surface area contributed by atoms with Crippen LogP contribution in [-0.2, 0) is 13.6 Å². The summed E-state index contributed by atoms with van der Waals surface area (Å²) in [6.45, 7) is 2.16. The summed E-state index contributed by atoms with van der Waals surface area (Å²) < 4.78 is 7.49. The summed E-state index contributed by atoms with van der Waals surface area (Å²) in [7, 11) is 1.87. The molecule has 2 heterocycles. The summed E-state index contributed by atoms with van der Waals surface area (Å²) >= 11 is 0. The van der Waals surface area contributed by atoms with Gasteiger partial charge in [0.2, 0.25) is 5.88 Å². The maximum Gasteiger partial charge on any atom is 0.319 e. The molecule has 0 atom stereocenters. The quantitative estimate of drug-likeness (QED) is 0.725. The molecule has 1 aromatic carbocycles. The second-order valence-corrected chi connectivity index (χ2v) is 5.89. The molecule has 0 saturated carbocycles. The zero-order valence-electron chi connectivity index (χ0n) is 14.9. The van der Waals surface area contributed by atoms with Crippen molar-refractivity contribution in [2.24, 2.45) is 7.05 Å². The Kier molecular flexibility index (Phi) is 5.33. The lowest BCUT2D eigenvalue weighted by Crippen LogP contribution is -2.28. The van der Waals surface area contributed by atoms with Crippen molar-refractivity contribution in [1.82, 2.24) is 19.9 Å². The summed E-state index contributed by atoms with van der Waals surface area (Å²) in [6, 6.07) is 10.3. The van der Waals surface area contributed by atoms with Crippen molar-refractivity contribution < 1.29 is 9.53 Å². The summed E-state index contributed by atoms with van der Waals surface area (Å²) in [5, 5.41) is 14.6. The fourth-order valence-corrected chi connectivity index (χ4v) is 2.37. The van der Waals surface area contributed by atoms with Gasteiger partial charge in [-0.1, -0.05) is 12.1 Å². The number of amides is 2. The third-order valence-electron chi connectivity index (χ3n) is 3.74. The number of benzene rings is 1. The van der Waals surface area contributed by atoms with Crippen LogP contribution in [-0.4, -0.2) is 20.6 Å². The molecular weight excluding hydrogens is 344 g/mol. The third kappa shape index (κ3) is 4.61. The first-order valence-corrected chi connectivity index (χ1v) is 8.20. The van der Waals surface area contributed by atoms with E-state index in [0.717, 1.165) is 11.3 Å². The number of rotatable bonds is 5. The van der Waals surface area contributed by atoms with Crippen LogP contribution in [0.3, 0.4) is 0 Å². The predicted octanol–water partition coefficient (Wildman–Crippen LogP) is 3.11. The lowest BCUT2D eigenvalue weighted by Gasteiger charge is -2.11. The second kappa shape index (κ2) is 8.01. The molecule has 2 amide bonds. The number of pyridine rings is 1. The molecule has 0 radical (unpaired) electrons. The van der Waals surface area contributed by atoms with Crippen LogP contribution in [0.4, 0.5) is 10.5 Å². The van der Waals surface area contributed by atoms with E-state index in [1.54, 1.807) is 36.7 Å².